The lowest BCUT2D eigenvalue weighted by Gasteiger charge is -2.12. The van der Waals surface area contributed by atoms with Crippen molar-refractivity contribution < 1.29 is 13.7 Å². The highest BCUT2D eigenvalue weighted by Crippen LogP contribution is 2.33. The van der Waals surface area contributed by atoms with Gasteiger partial charge in [0.05, 0.1) is 4.92 Å². The maximum absolute atomic E-state index is 13.4. The van der Waals surface area contributed by atoms with Gasteiger partial charge in [-0.15, -0.1) is 0 Å². The number of nitro benzene ring substituents is 1. The van der Waals surface area contributed by atoms with E-state index < -0.39 is 22.2 Å². The SMILES string of the molecule is CC1CCC(CNc2cc(F)cc(F)c2[N+](=O)[O-])C1. The molecule has 0 amide bonds. The Morgan fingerprint density at radius 2 is 2.16 bits per heavy atom. The van der Waals surface area contributed by atoms with Crippen molar-refractivity contribution in [3.8, 4) is 0 Å². The zero-order chi connectivity index (χ0) is 14.0. The fourth-order valence-corrected chi connectivity index (χ4v) is 2.65. The smallest absolute Gasteiger partial charge is 0.327 e. The molecule has 2 atom stereocenters. The molecule has 0 saturated heterocycles. The first-order chi connectivity index (χ1) is 8.97. The molecule has 0 spiro atoms. The third-order valence-corrected chi connectivity index (χ3v) is 3.60. The Morgan fingerprint density at radius 3 is 2.74 bits per heavy atom. The van der Waals surface area contributed by atoms with Crippen LogP contribution in [0.15, 0.2) is 12.1 Å². The van der Waals surface area contributed by atoms with Crippen LogP contribution in [-0.4, -0.2) is 11.5 Å². The molecule has 2 unspecified atom stereocenters. The molecule has 6 heteroatoms. The maximum Gasteiger partial charge on any atom is 0.327 e. The van der Waals surface area contributed by atoms with Gasteiger partial charge in [-0.3, -0.25) is 10.1 Å². The van der Waals surface area contributed by atoms with Gasteiger partial charge in [0.15, 0.2) is 0 Å². The molecule has 1 fully saturated rings. The molecule has 19 heavy (non-hydrogen) atoms. The first kappa shape index (κ1) is 13.7. The average molecular weight is 270 g/mol. The second-order valence-corrected chi connectivity index (χ2v) is 5.21. The van der Waals surface area contributed by atoms with Gasteiger partial charge < -0.3 is 5.32 Å². The first-order valence-electron chi connectivity index (χ1n) is 6.34. The van der Waals surface area contributed by atoms with E-state index in [2.05, 4.69) is 12.2 Å². The van der Waals surface area contributed by atoms with Crippen LogP contribution in [0.25, 0.3) is 0 Å². The molecule has 1 N–H and O–H groups in total. The molecule has 1 aliphatic rings. The summed E-state index contributed by atoms with van der Waals surface area (Å²) in [4.78, 5) is 9.98. The molecular formula is C13H16F2N2O2. The van der Waals surface area contributed by atoms with E-state index in [1.165, 1.54) is 0 Å². The summed E-state index contributed by atoms with van der Waals surface area (Å²) < 4.78 is 26.5. The highest BCUT2D eigenvalue weighted by molar-refractivity contribution is 5.62. The van der Waals surface area contributed by atoms with E-state index in [-0.39, 0.29) is 5.69 Å². The molecule has 0 aromatic heterocycles. The second kappa shape index (κ2) is 5.50. The van der Waals surface area contributed by atoms with E-state index in [9.17, 15) is 18.9 Å². The number of hydrogen-bond donors (Lipinski definition) is 1. The molecule has 1 aliphatic carbocycles. The summed E-state index contributed by atoms with van der Waals surface area (Å²) in [6.45, 7) is 2.67. The van der Waals surface area contributed by atoms with Gasteiger partial charge in [-0.25, -0.2) is 4.39 Å². The van der Waals surface area contributed by atoms with E-state index in [0.29, 0.717) is 24.4 Å². The topological polar surface area (TPSA) is 55.2 Å². The molecule has 1 saturated carbocycles. The molecule has 0 heterocycles. The van der Waals surface area contributed by atoms with Crippen LogP contribution >= 0.6 is 0 Å². The molecule has 4 nitrogen and oxygen atoms in total. The first-order valence-corrected chi connectivity index (χ1v) is 6.34. The number of benzene rings is 1. The van der Waals surface area contributed by atoms with Gasteiger partial charge in [-0.1, -0.05) is 13.3 Å². The summed E-state index contributed by atoms with van der Waals surface area (Å²) >= 11 is 0. The number of nitro groups is 1. The fourth-order valence-electron chi connectivity index (χ4n) is 2.65. The van der Waals surface area contributed by atoms with Crippen LogP contribution in [0.3, 0.4) is 0 Å². The third-order valence-electron chi connectivity index (χ3n) is 3.60. The molecule has 0 bridgehead atoms. The summed E-state index contributed by atoms with van der Waals surface area (Å²) in [5.41, 5.74) is -0.769. The van der Waals surface area contributed by atoms with Crippen LogP contribution in [0.4, 0.5) is 20.2 Å². The Morgan fingerprint density at radius 1 is 1.42 bits per heavy atom. The lowest BCUT2D eigenvalue weighted by molar-refractivity contribution is -0.386. The number of anilines is 1. The molecule has 2 rings (SSSR count). The number of hydrogen-bond acceptors (Lipinski definition) is 3. The van der Waals surface area contributed by atoms with Crippen molar-refractivity contribution in [3.63, 3.8) is 0 Å². The van der Waals surface area contributed by atoms with Crippen molar-refractivity contribution >= 4 is 11.4 Å². The Labute approximate surface area is 110 Å². The van der Waals surface area contributed by atoms with Gasteiger partial charge in [0.2, 0.25) is 5.82 Å². The minimum absolute atomic E-state index is 0.0814. The lowest BCUT2D eigenvalue weighted by Crippen LogP contribution is -2.13. The van der Waals surface area contributed by atoms with Gasteiger partial charge in [0.1, 0.15) is 11.5 Å². The van der Waals surface area contributed by atoms with Crippen LogP contribution in [0.1, 0.15) is 26.2 Å². The van der Waals surface area contributed by atoms with E-state index >= 15 is 0 Å². The van der Waals surface area contributed by atoms with Gasteiger partial charge in [-0.05, 0) is 24.7 Å². The highest BCUT2D eigenvalue weighted by atomic mass is 19.1. The summed E-state index contributed by atoms with van der Waals surface area (Å²) in [6.07, 6.45) is 3.21. The quantitative estimate of drug-likeness (QED) is 0.670. The van der Waals surface area contributed by atoms with E-state index in [4.69, 9.17) is 0 Å². The molecule has 0 radical (unpaired) electrons. The summed E-state index contributed by atoms with van der Waals surface area (Å²) in [5, 5.41) is 13.6. The normalized spacial score (nSPS) is 22.5. The second-order valence-electron chi connectivity index (χ2n) is 5.21. The number of halogens is 2. The van der Waals surface area contributed by atoms with Gasteiger partial charge >= 0.3 is 5.69 Å². The maximum atomic E-state index is 13.4. The van der Waals surface area contributed by atoms with Gasteiger partial charge in [0, 0.05) is 18.7 Å². The Hall–Kier alpha value is -1.72. The van der Waals surface area contributed by atoms with Crippen LogP contribution in [0, 0.1) is 33.6 Å². The third kappa shape index (κ3) is 3.19. The predicted octanol–water partition coefficient (Wildman–Crippen LogP) is 3.72. The standard InChI is InChI=1S/C13H16F2N2O2/c1-8-2-3-9(4-8)7-16-12-6-10(14)5-11(15)13(12)17(18)19/h5-6,8-9,16H,2-4,7H2,1H3. The van der Waals surface area contributed by atoms with Crippen molar-refractivity contribution in [2.45, 2.75) is 26.2 Å². The van der Waals surface area contributed by atoms with E-state index in [1.807, 2.05) is 0 Å². The molecule has 0 aliphatic heterocycles. The molecule has 1 aromatic rings. The van der Waals surface area contributed by atoms with Gasteiger partial charge in [0.25, 0.3) is 0 Å². The van der Waals surface area contributed by atoms with E-state index in [1.54, 1.807) is 0 Å². The highest BCUT2D eigenvalue weighted by Gasteiger charge is 2.25. The van der Waals surface area contributed by atoms with Crippen LogP contribution < -0.4 is 5.32 Å². The predicted molar refractivity (Wildman–Crippen MR) is 68.0 cm³/mol. The summed E-state index contributed by atoms with van der Waals surface area (Å²) in [7, 11) is 0. The van der Waals surface area contributed by atoms with Crippen molar-refractivity contribution in [1.29, 1.82) is 0 Å². The fraction of sp³-hybridized carbons (Fsp3) is 0.538. The Bertz CT molecular complexity index is 494. The minimum Gasteiger partial charge on any atom is -0.379 e. The number of nitrogens with one attached hydrogen (secondary N) is 1. The molecule has 1 aromatic carbocycles. The zero-order valence-electron chi connectivity index (χ0n) is 10.7. The Kier molecular flexibility index (Phi) is 3.97. The monoisotopic (exact) mass is 270 g/mol. The summed E-state index contributed by atoms with van der Waals surface area (Å²) in [6, 6.07) is 1.50. The van der Waals surface area contributed by atoms with Crippen LogP contribution in [0.2, 0.25) is 0 Å². The average Bonchev–Trinajstić information content (AvgIpc) is 2.71. The van der Waals surface area contributed by atoms with Crippen molar-refractivity contribution in [3.05, 3.63) is 33.9 Å². The van der Waals surface area contributed by atoms with E-state index in [0.717, 1.165) is 25.3 Å². The molecular weight excluding hydrogens is 254 g/mol. The van der Waals surface area contributed by atoms with Crippen molar-refractivity contribution in [2.24, 2.45) is 11.8 Å². The molecule has 104 valence electrons. The summed E-state index contributed by atoms with van der Waals surface area (Å²) in [5.74, 6) is -0.912. The minimum atomic E-state index is -1.15. The zero-order valence-corrected chi connectivity index (χ0v) is 10.7. The van der Waals surface area contributed by atoms with Gasteiger partial charge in [-0.2, -0.15) is 4.39 Å². The van der Waals surface area contributed by atoms with Crippen LogP contribution in [0.5, 0.6) is 0 Å². The van der Waals surface area contributed by atoms with Crippen molar-refractivity contribution in [1.82, 2.24) is 0 Å². The van der Waals surface area contributed by atoms with Crippen molar-refractivity contribution in [2.75, 3.05) is 11.9 Å². The number of rotatable bonds is 4. The number of nitrogens with zero attached hydrogens (tertiary/aromatic N) is 1. The largest absolute Gasteiger partial charge is 0.379 e. The van der Waals surface area contributed by atoms with Crippen LogP contribution in [-0.2, 0) is 0 Å². The lowest BCUT2D eigenvalue weighted by atomic mass is 10.1. The Balaban J connectivity index is 2.12.